The number of nitriles is 1. The van der Waals surface area contributed by atoms with E-state index in [9.17, 15) is 10.1 Å². The van der Waals surface area contributed by atoms with Gasteiger partial charge in [0.1, 0.15) is 17.4 Å². The maximum atomic E-state index is 12.7. The Morgan fingerprint density at radius 1 is 1.29 bits per heavy atom. The zero-order chi connectivity index (χ0) is 20.3. The van der Waals surface area contributed by atoms with Gasteiger partial charge in [-0.3, -0.25) is 4.79 Å². The number of rotatable bonds is 4. The smallest absolute Gasteiger partial charge is 0.264 e. The predicted molar refractivity (Wildman–Crippen MR) is 108 cm³/mol. The summed E-state index contributed by atoms with van der Waals surface area (Å²) in [4.78, 5) is 14.3. The number of amides is 1. The molecule has 0 radical (unpaired) electrons. The summed E-state index contributed by atoms with van der Waals surface area (Å²) in [6.45, 7) is 5.92. The first-order valence-electron chi connectivity index (χ1n) is 8.98. The van der Waals surface area contributed by atoms with E-state index in [1.165, 1.54) is 0 Å². The van der Waals surface area contributed by atoms with Gasteiger partial charge in [-0.1, -0.05) is 11.6 Å². The van der Waals surface area contributed by atoms with Crippen molar-refractivity contribution in [2.75, 3.05) is 33.4 Å². The number of ether oxygens (including phenoxy) is 2. The van der Waals surface area contributed by atoms with Crippen molar-refractivity contribution in [1.82, 2.24) is 9.47 Å². The molecule has 1 saturated heterocycles. The van der Waals surface area contributed by atoms with Gasteiger partial charge in [-0.25, -0.2) is 0 Å². The zero-order valence-corrected chi connectivity index (χ0v) is 16.9. The molecule has 1 aliphatic heterocycles. The minimum atomic E-state index is -0.261. The maximum absolute atomic E-state index is 12.7. The first kappa shape index (κ1) is 20.0. The van der Waals surface area contributed by atoms with Crippen molar-refractivity contribution in [2.45, 2.75) is 13.8 Å². The molecular weight excluding hydrogens is 378 g/mol. The first-order valence-corrected chi connectivity index (χ1v) is 9.35. The lowest BCUT2D eigenvalue weighted by molar-refractivity contribution is -0.130. The lowest BCUT2D eigenvalue weighted by Crippen LogP contribution is -2.41. The number of morpholine rings is 1. The average molecular weight is 400 g/mol. The molecule has 0 saturated carbocycles. The predicted octanol–water partition coefficient (Wildman–Crippen LogP) is 3.52. The fraction of sp³-hybridized carbons (Fsp3) is 0.333. The summed E-state index contributed by atoms with van der Waals surface area (Å²) in [5, 5.41) is 10.0. The molecule has 3 rings (SSSR count). The van der Waals surface area contributed by atoms with E-state index in [-0.39, 0.29) is 11.5 Å². The monoisotopic (exact) mass is 399 g/mol. The lowest BCUT2D eigenvalue weighted by atomic mass is 10.1. The van der Waals surface area contributed by atoms with Crippen LogP contribution < -0.4 is 4.74 Å². The van der Waals surface area contributed by atoms with Crippen LogP contribution in [-0.4, -0.2) is 48.8 Å². The van der Waals surface area contributed by atoms with Gasteiger partial charge in [0.25, 0.3) is 5.91 Å². The van der Waals surface area contributed by atoms with E-state index in [1.54, 1.807) is 18.1 Å². The molecule has 146 valence electrons. The van der Waals surface area contributed by atoms with Crippen LogP contribution in [0.1, 0.15) is 17.0 Å². The van der Waals surface area contributed by atoms with Gasteiger partial charge < -0.3 is 18.9 Å². The van der Waals surface area contributed by atoms with E-state index in [0.717, 1.165) is 22.6 Å². The summed E-state index contributed by atoms with van der Waals surface area (Å²) in [6.07, 6.45) is 1.65. The Balaban J connectivity index is 1.96. The van der Waals surface area contributed by atoms with Crippen LogP contribution in [0.3, 0.4) is 0 Å². The van der Waals surface area contributed by atoms with Crippen molar-refractivity contribution in [3.8, 4) is 17.5 Å². The molecule has 1 aromatic heterocycles. The highest BCUT2D eigenvalue weighted by molar-refractivity contribution is 6.32. The third-order valence-electron chi connectivity index (χ3n) is 4.81. The molecule has 1 aromatic carbocycles. The topological polar surface area (TPSA) is 67.5 Å². The van der Waals surface area contributed by atoms with Crippen LogP contribution in [0.25, 0.3) is 11.8 Å². The minimum absolute atomic E-state index is 0.120. The third kappa shape index (κ3) is 3.91. The quantitative estimate of drug-likeness (QED) is 0.582. The minimum Gasteiger partial charge on any atom is -0.495 e. The Kier molecular flexibility index (Phi) is 6.08. The molecule has 2 heterocycles. The summed E-state index contributed by atoms with van der Waals surface area (Å²) < 4.78 is 12.5. The highest BCUT2D eigenvalue weighted by Gasteiger charge is 2.21. The molecule has 1 fully saturated rings. The third-order valence-corrected chi connectivity index (χ3v) is 5.11. The Labute approximate surface area is 169 Å². The molecule has 0 bridgehead atoms. The SMILES string of the molecule is COc1ccc(-n2c(C)cc(/C=C(\C#N)C(=O)N3CCOCC3)c2C)cc1Cl. The van der Waals surface area contributed by atoms with E-state index >= 15 is 0 Å². The normalized spacial score (nSPS) is 14.7. The molecule has 0 atom stereocenters. The number of carbonyl (C=O) groups excluding carboxylic acids is 1. The van der Waals surface area contributed by atoms with Gasteiger partial charge in [0.2, 0.25) is 0 Å². The van der Waals surface area contributed by atoms with E-state index in [0.29, 0.717) is 37.1 Å². The van der Waals surface area contributed by atoms with Gasteiger partial charge in [-0.2, -0.15) is 5.26 Å². The number of hydrogen-bond acceptors (Lipinski definition) is 4. The number of aromatic nitrogens is 1. The Morgan fingerprint density at radius 2 is 2.00 bits per heavy atom. The maximum Gasteiger partial charge on any atom is 0.264 e. The molecule has 1 aliphatic rings. The van der Waals surface area contributed by atoms with Gasteiger partial charge in [0, 0.05) is 30.2 Å². The lowest BCUT2D eigenvalue weighted by Gasteiger charge is -2.26. The Bertz CT molecular complexity index is 966. The number of nitrogens with zero attached hydrogens (tertiary/aromatic N) is 3. The second kappa shape index (κ2) is 8.51. The largest absolute Gasteiger partial charge is 0.495 e. The standard InChI is InChI=1S/C21H22ClN3O3/c1-14-10-16(11-17(13-23)21(26)24-6-8-28-9-7-24)15(2)25(14)18-4-5-20(27-3)19(22)12-18/h4-5,10-12H,6-9H2,1-3H3/b17-11+. The fourth-order valence-electron chi connectivity index (χ4n) is 3.36. The average Bonchev–Trinajstić information content (AvgIpc) is 2.99. The summed E-state index contributed by atoms with van der Waals surface area (Å²) in [7, 11) is 1.57. The van der Waals surface area contributed by atoms with Crippen molar-refractivity contribution in [2.24, 2.45) is 0 Å². The van der Waals surface area contributed by atoms with Crippen LogP contribution in [0.4, 0.5) is 0 Å². The molecule has 1 amide bonds. The van der Waals surface area contributed by atoms with Crippen LogP contribution in [0.2, 0.25) is 5.02 Å². The van der Waals surface area contributed by atoms with E-state index in [4.69, 9.17) is 21.1 Å². The van der Waals surface area contributed by atoms with E-state index in [2.05, 4.69) is 0 Å². The summed E-state index contributed by atoms with van der Waals surface area (Å²) in [6, 6.07) is 9.57. The van der Waals surface area contributed by atoms with Gasteiger partial charge in [0.05, 0.1) is 25.3 Å². The van der Waals surface area contributed by atoms with Crippen LogP contribution in [0.5, 0.6) is 5.75 Å². The first-order chi connectivity index (χ1) is 13.5. The molecule has 0 N–H and O–H groups in total. The molecule has 2 aromatic rings. The second-order valence-electron chi connectivity index (χ2n) is 6.56. The number of carbonyl (C=O) groups is 1. The second-order valence-corrected chi connectivity index (χ2v) is 6.96. The van der Waals surface area contributed by atoms with Crippen molar-refractivity contribution in [3.63, 3.8) is 0 Å². The molecule has 7 heteroatoms. The summed E-state index contributed by atoms with van der Waals surface area (Å²) in [5.41, 5.74) is 3.72. The highest BCUT2D eigenvalue weighted by atomic mass is 35.5. The fourth-order valence-corrected chi connectivity index (χ4v) is 3.61. The van der Waals surface area contributed by atoms with Crippen LogP contribution in [0, 0.1) is 25.2 Å². The molecule has 0 unspecified atom stereocenters. The van der Waals surface area contributed by atoms with E-state index < -0.39 is 0 Å². The summed E-state index contributed by atoms with van der Waals surface area (Å²) >= 11 is 6.27. The Morgan fingerprint density at radius 3 is 2.61 bits per heavy atom. The van der Waals surface area contributed by atoms with Gasteiger partial charge in [0.15, 0.2) is 0 Å². The number of benzene rings is 1. The van der Waals surface area contributed by atoms with Gasteiger partial charge >= 0.3 is 0 Å². The van der Waals surface area contributed by atoms with Crippen molar-refractivity contribution >= 4 is 23.6 Å². The van der Waals surface area contributed by atoms with Gasteiger partial charge in [-0.05, 0) is 49.8 Å². The van der Waals surface area contributed by atoms with Crippen LogP contribution in [-0.2, 0) is 9.53 Å². The number of hydrogen-bond donors (Lipinski definition) is 0. The van der Waals surface area contributed by atoms with Crippen molar-refractivity contribution < 1.29 is 14.3 Å². The molecular formula is C21H22ClN3O3. The van der Waals surface area contributed by atoms with Gasteiger partial charge in [-0.15, -0.1) is 0 Å². The highest BCUT2D eigenvalue weighted by Crippen LogP contribution is 2.29. The van der Waals surface area contributed by atoms with Crippen molar-refractivity contribution in [1.29, 1.82) is 5.26 Å². The molecule has 6 nitrogen and oxygen atoms in total. The van der Waals surface area contributed by atoms with Crippen LogP contribution >= 0.6 is 11.6 Å². The number of halogens is 1. The summed E-state index contributed by atoms with van der Waals surface area (Å²) in [5.74, 6) is 0.346. The number of aryl methyl sites for hydroxylation is 1. The Hall–Kier alpha value is -2.75. The molecule has 28 heavy (non-hydrogen) atoms. The van der Waals surface area contributed by atoms with Crippen LogP contribution in [0.15, 0.2) is 29.8 Å². The van der Waals surface area contributed by atoms with E-state index in [1.807, 2.05) is 48.7 Å². The van der Waals surface area contributed by atoms with Crippen molar-refractivity contribution in [3.05, 3.63) is 51.8 Å². The molecule has 0 spiro atoms. The molecule has 0 aliphatic carbocycles. The zero-order valence-electron chi connectivity index (χ0n) is 16.2. The number of methoxy groups -OCH3 is 1.